The molecule has 0 saturated heterocycles. The van der Waals surface area contributed by atoms with E-state index in [0.29, 0.717) is 0 Å². The van der Waals surface area contributed by atoms with E-state index in [0.717, 1.165) is 10.6 Å². The molecule has 0 aliphatic carbocycles. The Morgan fingerprint density at radius 3 is 2.62 bits per heavy atom. The van der Waals surface area contributed by atoms with Crippen LogP contribution in [0.15, 0.2) is 34.1 Å². The van der Waals surface area contributed by atoms with Crippen molar-refractivity contribution in [3.05, 3.63) is 56.2 Å². The number of amides is 1. The van der Waals surface area contributed by atoms with E-state index in [9.17, 15) is 18.8 Å². The van der Waals surface area contributed by atoms with Crippen LogP contribution in [0.4, 0.5) is 10.1 Å². The Hall–Kier alpha value is -2.94. The van der Waals surface area contributed by atoms with Gasteiger partial charge < -0.3 is 9.88 Å². The zero-order valence-corrected chi connectivity index (χ0v) is 14.9. The lowest BCUT2D eigenvalue weighted by molar-refractivity contribution is -0.118. The van der Waals surface area contributed by atoms with Crippen LogP contribution in [0.25, 0.3) is 11.2 Å². The summed E-state index contributed by atoms with van der Waals surface area (Å²) in [6.45, 7) is 1.54. The Kier molecular flexibility index (Phi) is 4.41. The molecule has 8 nitrogen and oxygen atoms in total. The van der Waals surface area contributed by atoms with E-state index >= 15 is 0 Å². The van der Waals surface area contributed by atoms with Gasteiger partial charge in [0, 0.05) is 19.1 Å². The summed E-state index contributed by atoms with van der Waals surface area (Å²) in [5, 5.41) is 2.66. The van der Waals surface area contributed by atoms with Gasteiger partial charge in [0.25, 0.3) is 5.56 Å². The van der Waals surface area contributed by atoms with Gasteiger partial charge >= 0.3 is 5.69 Å². The van der Waals surface area contributed by atoms with Crippen LogP contribution in [-0.2, 0) is 18.9 Å². The topological polar surface area (TPSA) is 90.9 Å². The first-order valence-corrected chi connectivity index (χ1v) is 7.98. The number of carbonyl (C=O) groups is 1. The third kappa shape index (κ3) is 2.80. The number of aryl methyl sites for hydroxylation is 1. The smallest absolute Gasteiger partial charge is 0.322 e. The summed E-state index contributed by atoms with van der Waals surface area (Å²) in [7, 11) is 2.82. The molecule has 0 unspecified atom stereocenters. The van der Waals surface area contributed by atoms with Crippen molar-refractivity contribution in [3.8, 4) is 0 Å². The Morgan fingerprint density at radius 2 is 1.96 bits per heavy atom. The van der Waals surface area contributed by atoms with E-state index in [4.69, 9.17) is 11.6 Å². The second kappa shape index (κ2) is 6.41. The molecule has 3 rings (SSSR count). The molecule has 10 heteroatoms. The minimum Gasteiger partial charge on any atom is -0.322 e. The van der Waals surface area contributed by atoms with Gasteiger partial charge in [-0.2, -0.15) is 0 Å². The van der Waals surface area contributed by atoms with Crippen molar-refractivity contribution >= 4 is 34.4 Å². The minimum atomic E-state index is -0.875. The van der Waals surface area contributed by atoms with Gasteiger partial charge in [-0.3, -0.25) is 18.7 Å². The fraction of sp³-hybridized carbons (Fsp3) is 0.250. The number of rotatable bonds is 3. The second-order valence-electron chi connectivity index (χ2n) is 5.82. The Morgan fingerprint density at radius 1 is 1.27 bits per heavy atom. The van der Waals surface area contributed by atoms with Gasteiger partial charge in [0.05, 0.1) is 12.0 Å². The lowest BCUT2D eigenvalue weighted by Gasteiger charge is -2.15. The highest BCUT2D eigenvalue weighted by Gasteiger charge is 2.22. The van der Waals surface area contributed by atoms with Crippen molar-refractivity contribution in [2.24, 2.45) is 14.1 Å². The first kappa shape index (κ1) is 17.9. The number of carbonyl (C=O) groups excluding carboxylic acids is 1. The van der Waals surface area contributed by atoms with Crippen LogP contribution in [0.2, 0.25) is 5.02 Å². The van der Waals surface area contributed by atoms with Crippen LogP contribution in [0, 0.1) is 5.82 Å². The number of benzene rings is 1. The highest BCUT2D eigenvalue weighted by molar-refractivity contribution is 6.30. The van der Waals surface area contributed by atoms with Crippen molar-refractivity contribution in [2.75, 3.05) is 5.32 Å². The number of fused-ring (bicyclic) bond motifs is 1. The molecule has 1 atom stereocenters. The predicted molar refractivity (Wildman–Crippen MR) is 95.0 cm³/mol. The highest BCUT2D eigenvalue weighted by atomic mass is 35.5. The molecule has 136 valence electrons. The summed E-state index contributed by atoms with van der Waals surface area (Å²) in [6.07, 6.45) is 1.30. The molecule has 0 radical (unpaired) electrons. The van der Waals surface area contributed by atoms with Crippen molar-refractivity contribution in [1.82, 2.24) is 18.7 Å². The molecule has 0 aliphatic heterocycles. The molecule has 0 aliphatic rings. The van der Waals surface area contributed by atoms with E-state index in [-0.39, 0.29) is 21.9 Å². The molecular weight excluding hydrogens is 365 g/mol. The van der Waals surface area contributed by atoms with E-state index in [1.165, 1.54) is 48.6 Å². The molecule has 0 bridgehead atoms. The molecule has 0 fully saturated rings. The maximum Gasteiger partial charge on any atom is 0.332 e. The molecule has 1 N–H and O–H groups in total. The van der Waals surface area contributed by atoms with Gasteiger partial charge in [-0.05, 0) is 25.1 Å². The summed E-state index contributed by atoms with van der Waals surface area (Å²) < 4.78 is 17.4. The monoisotopic (exact) mass is 379 g/mol. The van der Waals surface area contributed by atoms with Gasteiger partial charge in [-0.1, -0.05) is 11.6 Å². The van der Waals surface area contributed by atoms with E-state index in [1.54, 1.807) is 0 Å². The van der Waals surface area contributed by atoms with E-state index < -0.39 is 29.0 Å². The second-order valence-corrected chi connectivity index (χ2v) is 6.26. The Labute approximate surface area is 151 Å². The number of nitrogens with one attached hydrogen (secondary N) is 1. The molecular formula is C16H15ClFN5O3. The molecule has 1 amide bonds. The average Bonchev–Trinajstić information content (AvgIpc) is 3.04. The van der Waals surface area contributed by atoms with E-state index in [1.807, 2.05) is 0 Å². The number of imidazole rings is 1. The predicted octanol–water partition coefficient (Wildman–Crippen LogP) is 1.43. The van der Waals surface area contributed by atoms with Crippen LogP contribution in [-0.4, -0.2) is 24.6 Å². The molecule has 2 heterocycles. The van der Waals surface area contributed by atoms with Crippen LogP contribution >= 0.6 is 11.6 Å². The zero-order chi connectivity index (χ0) is 19.2. The van der Waals surface area contributed by atoms with Crippen molar-refractivity contribution in [3.63, 3.8) is 0 Å². The minimum absolute atomic E-state index is 0.0315. The molecule has 0 spiro atoms. The van der Waals surface area contributed by atoms with Crippen molar-refractivity contribution < 1.29 is 9.18 Å². The fourth-order valence-electron chi connectivity index (χ4n) is 2.61. The lowest BCUT2D eigenvalue weighted by atomic mass is 10.2. The molecule has 2 aromatic heterocycles. The number of halogens is 2. The Bertz CT molecular complexity index is 1150. The maximum absolute atomic E-state index is 13.9. The number of hydrogen-bond acceptors (Lipinski definition) is 4. The summed E-state index contributed by atoms with van der Waals surface area (Å²) in [5.74, 6) is -1.23. The number of anilines is 1. The largest absolute Gasteiger partial charge is 0.332 e. The SMILES string of the molecule is C[C@H](C(=O)Nc1ccc(Cl)cc1F)n1cnc2c1c(=O)n(C)c(=O)n2C. The molecule has 0 saturated carbocycles. The summed E-state index contributed by atoms with van der Waals surface area (Å²) in [6, 6.07) is 3.00. The summed E-state index contributed by atoms with van der Waals surface area (Å²) in [4.78, 5) is 41.0. The standard InChI is InChI=1S/C16H15ClFN5O3/c1-8(14(24)20-11-5-4-9(17)6-10(11)18)23-7-19-13-12(23)15(25)22(3)16(26)21(13)2/h4-8H,1-3H3,(H,20,24)/t8-/m1/s1. The number of nitrogens with zero attached hydrogens (tertiary/aromatic N) is 4. The van der Waals surface area contributed by atoms with E-state index in [2.05, 4.69) is 10.3 Å². The average molecular weight is 380 g/mol. The van der Waals surface area contributed by atoms with Crippen LogP contribution < -0.4 is 16.6 Å². The molecule has 26 heavy (non-hydrogen) atoms. The normalized spacial score (nSPS) is 12.3. The van der Waals surface area contributed by atoms with Gasteiger partial charge in [0.1, 0.15) is 11.9 Å². The third-order valence-electron chi connectivity index (χ3n) is 4.16. The zero-order valence-electron chi connectivity index (χ0n) is 14.2. The quantitative estimate of drug-likeness (QED) is 0.745. The van der Waals surface area contributed by atoms with Gasteiger partial charge in [0.2, 0.25) is 5.91 Å². The van der Waals surface area contributed by atoms with Gasteiger partial charge in [-0.25, -0.2) is 14.2 Å². The van der Waals surface area contributed by atoms with Crippen molar-refractivity contribution in [1.29, 1.82) is 0 Å². The highest BCUT2D eigenvalue weighted by Crippen LogP contribution is 2.21. The van der Waals surface area contributed by atoms with Gasteiger partial charge in [-0.15, -0.1) is 0 Å². The first-order chi connectivity index (χ1) is 12.2. The van der Waals surface area contributed by atoms with Crippen molar-refractivity contribution in [2.45, 2.75) is 13.0 Å². The first-order valence-electron chi connectivity index (χ1n) is 7.61. The number of aromatic nitrogens is 4. The van der Waals surface area contributed by atoms with Crippen LogP contribution in [0.3, 0.4) is 0 Å². The lowest BCUT2D eigenvalue weighted by Crippen LogP contribution is -2.38. The molecule has 1 aromatic carbocycles. The van der Waals surface area contributed by atoms with Gasteiger partial charge in [0.15, 0.2) is 11.2 Å². The summed E-state index contributed by atoms with van der Waals surface area (Å²) in [5.41, 5.74) is -0.855. The molecule has 3 aromatic rings. The third-order valence-corrected chi connectivity index (χ3v) is 4.39. The Balaban J connectivity index is 2.02. The maximum atomic E-state index is 13.9. The van der Waals surface area contributed by atoms with Crippen LogP contribution in [0.5, 0.6) is 0 Å². The summed E-state index contributed by atoms with van der Waals surface area (Å²) >= 11 is 5.69. The fourth-order valence-corrected chi connectivity index (χ4v) is 2.77. The van der Waals surface area contributed by atoms with Crippen LogP contribution in [0.1, 0.15) is 13.0 Å². The number of hydrogen-bond donors (Lipinski definition) is 1.